The molecule has 2 nitrogen and oxygen atoms in total. The Hall–Kier alpha value is -1.65. The van der Waals surface area contributed by atoms with Gasteiger partial charge in [0.15, 0.2) is 5.82 Å². The van der Waals surface area contributed by atoms with Gasteiger partial charge in [-0.1, -0.05) is 29.3 Å². The maximum Gasteiger partial charge on any atom is 0.258 e. The fourth-order valence-electron chi connectivity index (χ4n) is 1.46. The van der Waals surface area contributed by atoms with Gasteiger partial charge in [0.25, 0.3) is 5.91 Å². The number of hydrogen-bond acceptors (Lipinski definition) is 1. The average Bonchev–Trinajstić information content (AvgIpc) is 2.38. The molecule has 6 heteroatoms. The van der Waals surface area contributed by atoms with Gasteiger partial charge in [0.2, 0.25) is 0 Å². The van der Waals surface area contributed by atoms with Crippen molar-refractivity contribution in [1.29, 1.82) is 0 Å². The number of amides is 1. The van der Waals surface area contributed by atoms with Crippen LogP contribution >= 0.6 is 23.2 Å². The molecule has 0 saturated heterocycles. The van der Waals surface area contributed by atoms with Gasteiger partial charge in [-0.25, -0.2) is 8.78 Å². The van der Waals surface area contributed by atoms with E-state index in [0.29, 0.717) is 0 Å². The summed E-state index contributed by atoms with van der Waals surface area (Å²) in [7, 11) is 0. The van der Waals surface area contributed by atoms with Crippen molar-refractivity contribution in [1.82, 2.24) is 0 Å². The minimum absolute atomic E-state index is 0.128. The van der Waals surface area contributed by atoms with Crippen molar-refractivity contribution in [3.8, 4) is 0 Å². The summed E-state index contributed by atoms with van der Waals surface area (Å²) in [5.74, 6) is -2.33. The smallest absolute Gasteiger partial charge is 0.258 e. The summed E-state index contributed by atoms with van der Waals surface area (Å²) in [6, 6.07) is 7.66. The standard InChI is InChI=1S/C13H7Cl2F2NO/c14-7-4-5-10(16)8(6-7)13(19)18-11-3-1-2-9(15)12(11)17/h1-6H,(H,18,19). The van der Waals surface area contributed by atoms with E-state index < -0.39 is 17.5 Å². The van der Waals surface area contributed by atoms with Crippen LogP contribution in [0, 0.1) is 11.6 Å². The fraction of sp³-hybridized carbons (Fsp3) is 0. The average molecular weight is 302 g/mol. The monoisotopic (exact) mass is 301 g/mol. The van der Waals surface area contributed by atoms with E-state index in [1.807, 2.05) is 0 Å². The first-order valence-corrected chi connectivity index (χ1v) is 5.95. The Labute approximate surface area is 118 Å². The zero-order chi connectivity index (χ0) is 14.0. The van der Waals surface area contributed by atoms with E-state index in [1.54, 1.807) is 0 Å². The Morgan fingerprint density at radius 1 is 1.11 bits per heavy atom. The van der Waals surface area contributed by atoms with E-state index in [-0.39, 0.29) is 21.3 Å². The van der Waals surface area contributed by atoms with Crippen LogP contribution in [0.2, 0.25) is 10.0 Å². The molecule has 0 unspecified atom stereocenters. The highest BCUT2D eigenvalue weighted by atomic mass is 35.5. The van der Waals surface area contributed by atoms with Gasteiger partial charge >= 0.3 is 0 Å². The lowest BCUT2D eigenvalue weighted by atomic mass is 10.2. The molecular formula is C13H7Cl2F2NO. The predicted molar refractivity (Wildman–Crippen MR) is 70.8 cm³/mol. The van der Waals surface area contributed by atoms with Crippen molar-refractivity contribution in [2.45, 2.75) is 0 Å². The number of anilines is 1. The zero-order valence-electron chi connectivity index (χ0n) is 9.38. The van der Waals surface area contributed by atoms with Crippen molar-refractivity contribution in [2.24, 2.45) is 0 Å². The first kappa shape index (κ1) is 13.8. The number of carbonyl (C=O) groups excluding carboxylic acids is 1. The van der Waals surface area contributed by atoms with Crippen LogP contribution in [0.1, 0.15) is 10.4 Å². The van der Waals surface area contributed by atoms with E-state index >= 15 is 0 Å². The first-order chi connectivity index (χ1) is 8.99. The van der Waals surface area contributed by atoms with Gasteiger partial charge in [0.1, 0.15) is 5.82 Å². The summed E-state index contributed by atoms with van der Waals surface area (Å²) in [4.78, 5) is 11.8. The lowest BCUT2D eigenvalue weighted by Crippen LogP contribution is -2.14. The van der Waals surface area contributed by atoms with Gasteiger partial charge in [-0.05, 0) is 30.3 Å². The summed E-state index contributed by atoms with van der Waals surface area (Å²) >= 11 is 11.3. The van der Waals surface area contributed by atoms with Crippen molar-refractivity contribution < 1.29 is 13.6 Å². The van der Waals surface area contributed by atoms with Gasteiger partial charge in [-0.2, -0.15) is 0 Å². The van der Waals surface area contributed by atoms with Gasteiger partial charge in [0, 0.05) is 5.02 Å². The van der Waals surface area contributed by atoms with E-state index in [4.69, 9.17) is 23.2 Å². The number of benzene rings is 2. The molecule has 0 aliphatic carbocycles. The van der Waals surface area contributed by atoms with E-state index in [1.165, 1.54) is 24.3 Å². The number of rotatable bonds is 2. The molecule has 0 saturated carbocycles. The molecule has 1 amide bonds. The molecule has 2 rings (SSSR count). The molecule has 0 fully saturated rings. The minimum atomic E-state index is -0.804. The molecule has 1 N–H and O–H groups in total. The SMILES string of the molecule is O=C(Nc1cccc(Cl)c1F)c1cc(Cl)ccc1F. The Balaban J connectivity index is 2.31. The van der Waals surface area contributed by atoms with Crippen molar-refractivity contribution in [3.05, 3.63) is 63.6 Å². The molecule has 0 aliphatic rings. The highest BCUT2D eigenvalue weighted by Crippen LogP contribution is 2.23. The third-order valence-corrected chi connectivity index (χ3v) is 2.90. The second kappa shape index (κ2) is 5.55. The molecule has 2 aromatic carbocycles. The summed E-state index contributed by atoms with van der Waals surface area (Å²) in [5.41, 5.74) is -0.399. The topological polar surface area (TPSA) is 29.1 Å². The van der Waals surface area contributed by atoms with Crippen LogP contribution in [0.5, 0.6) is 0 Å². The summed E-state index contributed by atoms with van der Waals surface area (Å²) in [6.45, 7) is 0. The highest BCUT2D eigenvalue weighted by Gasteiger charge is 2.15. The molecular weight excluding hydrogens is 295 g/mol. The third-order valence-electron chi connectivity index (χ3n) is 2.37. The number of hydrogen-bond donors (Lipinski definition) is 1. The second-order valence-electron chi connectivity index (χ2n) is 3.68. The molecule has 0 radical (unpaired) electrons. The molecule has 2 aromatic rings. The predicted octanol–water partition coefficient (Wildman–Crippen LogP) is 4.52. The maximum absolute atomic E-state index is 13.6. The van der Waals surface area contributed by atoms with Crippen LogP contribution in [0.4, 0.5) is 14.5 Å². The van der Waals surface area contributed by atoms with Gasteiger partial charge in [0.05, 0.1) is 16.3 Å². The molecule has 0 aromatic heterocycles. The first-order valence-electron chi connectivity index (χ1n) is 5.19. The van der Waals surface area contributed by atoms with E-state index in [9.17, 15) is 13.6 Å². The van der Waals surface area contributed by atoms with Gasteiger partial charge < -0.3 is 5.32 Å². The summed E-state index contributed by atoms with van der Waals surface area (Å²) in [5, 5.41) is 2.31. The highest BCUT2D eigenvalue weighted by molar-refractivity contribution is 6.31. The van der Waals surface area contributed by atoms with Crippen LogP contribution in [-0.2, 0) is 0 Å². The number of halogens is 4. The lowest BCUT2D eigenvalue weighted by Gasteiger charge is -2.08. The quantitative estimate of drug-likeness (QED) is 0.868. The van der Waals surface area contributed by atoms with Crippen LogP contribution in [0.25, 0.3) is 0 Å². The summed E-state index contributed by atoms with van der Waals surface area (Å²) in [6.07, 6.45) is 0. The van der Waals surface area contributed by atoms with Crippen LogP contribution in [-0.4, -0.2) is 5.91 Å². The Kier molecular flexibility index (Phi) is 4.02. The Morgan fingerprint density at radius 3 is 2.58 bits per heavy atom. The number of carbonyl (C=O) groups is 1. The Bertz CT molecular complexity index is 647. The molecule has 0 spiro atoms. The van der Waals surface area contributed by atoms with Gasteiger partial charge in [-0.3, -0.25) is 4.79 Å². The van der Waals surface area contributed by atoms with Crippen LogP contribution in [0.15, 0.2) is 36.4 Å². The molecule has 98 valence electrons. The summed E-state index contributed by atoms with van der Waals surface area (Å²) < 4.78 is 27.1. The van der Waals surface area contributed by atoms with Crippen molar-refractivity contribution in [2.75, 3.05) is 5.32 Å². The molecule has 0 aliphatic heterocycles. The molecule has 0 atom stereocenters. The second-order valence-corrected chi connectivity index (χ2v) is 4.52. The van der Waals surface area contributed by atoms with E-state index in [2.05, 4.69) is 5.32 Å². The van der Waals surface area contributed by atoms with Crippen LogP contribution < -0.4 is 5.32 Å². The fourth-order valence-corrected chi connectivity index (χ4v) is 1.81. The minimum Gasteiger partial charge on any atom is -0.319 e. The van der Waals surface area contributed by atoms with Crippen molar-refractivity contribution in [3.63, 3.8) is 0 Å². The molecule has 0 bridgehead atoms. The largest absolute Gasteiger partial charge is 0.319 e. The maximum atomic E-state index is 13.6. The lowest BCUT2D eigenvalue weighted by molar-refractivity contribution is 0.102. The van der Waals surface area contributed by atoms with Crippen molar-refractivity contribution >= 4 is 34.8 Å². The Morgan fingerprint density at radius 2 is 1.84 bits per heavy atom. The van der Waals surface area contributed by atoms with Crippen LogP contribution in [0.3, 0.4) is 0 Å². The third kappa shape index (κ3) is 3.03. The zero-order valence-corrected chi connectivity index (χ0v) is 10.9. The normalized spacial score (nSPS) is 10.3. The number of nitrogens with one attached hydrogen (secondary N) is 1. The molecule has 19 heavy (non-hydrogen) atoms. The molecule has 0 heterocycles. The van der Waals surface area contributed by atoms with E-state index in [0.717, 1.165) is 12.1 Å². The van der Waals surface area contributed by atoms with Gasteiger partial charge in [-0.15, -0.1) is 0 Å².